The zero-order valence-electron chi connectivity index (χ0n) is 12.3. The number of benzene rings is 1. The lowest BCUT2D eigenvalue weighted by Gasteiger charge is -2.38. The van der Waals surface area contributed by atoms with Crippen molar-refractivity contribution >= 4 is 21.9 Å². The van der Waals surface area contributed by atoms with Crippen molar-refractivity contribution < 1.29 is 13.9 Å². The summed E-state index contributed by atoms with van der Waals surface area (Å²) in [5.41, 5.74) is -0.773. The fraction of sp³-hybridized carbons (Fsp3) is 0.533. The van der Waals surface area contributed by atoms with Gasteiger partial charge in [-0.1, -0.05) is 22.0 Å². The molecule has 21 heavy (non-hydrogen) atoms. The molecule has 0 spiro atoms. The van der Waals surface area contributed by atoms with Crippen LogP contribution in [-0.2, 0) is 15.1 Å². The summed E-state index contributed by atoms with van der Waals surface area (Å²) in [5.74, 6) is -0.847. The summed E-state index contributed by atoms with van der Waals surface area (Å²) >= 11 is 3.25. The lowest BCUT2D eigenvalue weighted by Crippen LogP contribution is -2.52. The van der Waals surface area contributed by atoms with Crippen molar-refractivity contribution in [1.29, 1.82) is 0 Å². The van der Waals surface area contributed by atoms with E-state index in [0.717, 1.165) is 19.5 Å². The molecule has 1 atom stereocenters. The van der Waals surface area contributed by atoms with Gasteiger partial charge in [-0.05, 0) is 32.0 Å². The van der Waals surface area contributed by atoms with Gasteiger partial charge in [-0.2, -0.15) is 0 Å². The fourth-order valence-electron chi connectivity index (χ4n) is 2.79. The number of methoxy groups -OCH3 is 1. The molecule has 0 aliphatic carbocycles. The lowest BCUT2D eigenvalue weighted by atomic mass is 9.89. The quantitative estimate of drug-likeness (QED) is 0.841. The Morgan fingerprint density at radius 3 is 2.86 bits per heavy atom. The Balaban J connectivity index is 2.47. The van der Waals surface area contributed by atoms with E-state index < -0.39 is 17.3 Å². The van der Waals surface area contributed by atoms with E-state index in [1.165, 1.54) is 13.2 Å². The SMILES string of the molecule is COC(=O)C(C)(c1ccc(Br)cc1F)N1CCCNCC1. The average Bonchev–Trinajstić information content (AvgIpc) is 2.75. The Morgan fingerprint density at radius 2 is 2.19 bits per heavy atom. The van der Waals surface area contributed by atoms with Crippen LogP contribution in [0.25, 0.3) is 0 Å². The summed E-state index contributed by atoms with van der Waals surface area (Å²) in [7, 11) is 1.34. The molecule has 0 bridgehead atoms. The molecule has 0 radical (unpaired) electrons. The summed E-state index contributed by atoms with van der Waals surface area (Å²) in [6.07, 6.45) is 0.907. The molecule has 1 aliphatic rings. The van der Waals surface area contributed by atoms with E-state index in [0.29, 0.717) is 23.1 Å². The highest BCUT2D eigenvalue weighted by Crippen LogP contribution is 2.33. The highest BCUT2D eigenvalue weighted by molar-refractivity contribution is 9.10. The number of carbonyl (C=O) groups is 1. The number of rotatable bonds is 3. The number of carbonyl (C=O) groups excluding carboxylic acids is 1. The van der Waals surface area contributed by atoms with Crippen LogP contribution < -0.4 is 5.32 Å². The molecule has 1 fully saturated rings. The van der Waals surface area contributed by atoms with Gasteiger partial charge in [0.15, 0.2) is 0 Å². The van der Waals surface area contributed by atoms with Crippen molar-refractivity contribution in [3.8, 4) is 0 Å². The fourth-order valence-corrected chi connectivity index (χ4v) is 3.12. The summed E-state index contributed by atoms with van der Waals surface area (Å²) in [5, 5.41) is 3.29. The van der Waals surface area contributed by atoms with Gasteiger partial charge in [0.2, 0.25) is 0 Å². The number of nitrogens with one attached hydrogen (secondary N) is 1. The first-order valence-electron chi connectivity index (χ1n) is 7.00. The Morgan fingerprint density at radius 1 is 1.43 bits per heavy atom. The standard InChI is InChI=1S/C15H20BrFN2O2/c1-15(14(20)21-2,19-8-3-6-18-7-9-19)12-5-4-11(16)10-13(12)17/h4-5,10,18H,3,6-9H2,1-2H3. The van der Waals surface area contributed by atoms with Gasteiger partial charge in [0.25, 0.3) is 0 Å². The van der Waals surface area contributed by atoms with Crippen molar-refractivity contribution in [1.82, 2.24) is 10.2 Å². The molecule has 1 saturated heterocycles. The number of hydrogen-bond donors (Lipinski definition) is 1. The number of esters is 1. The minimum Gasteiger partial charge on any atom is -0.467 e. The predicted molar refractivity (Wildman–Crippen MR) is 82.5 cm³/mol. The van der Waals surface area contributed by atoms with Crippen LogP contribution in [0.5, 0.6) is 0 Å². The van der Waals surface area contributed by atoms with Gasteiger partial charge < -0.3 is 10.1 Å². The minimum atomic E-state index is -1.12. The molecule has 116 valence electrons. The summed E-state index contributed by atoms with van der Waals surface area (Å²) in [4.78, 5) is 14.4. The molecular formula is C15H20BrFN2O2. The van der Waals surface area contributed by atoms with Crippen LogP contribution in [0.4, 0.5) is 4.39 Å². The van der Waals surface area contributed by atoms with Crippen LogP contribution in [0, 0.1) is 5.82 Å². The molecule has 1 heterocycles. The zero-order valence-corrected chi connectivity index (χ0v) is 13.9. The van der Waals surface area contributed by atoms with E-state index in [1.807, 2.05) is 4.90 Å². The van der Waals surface area contributed by atoms with Crippen molar-refractivity contribution in [2.75, 3.05) is 33.3 Å². The molecule has 1 aliphatic heterocycles. The molecule has 2 rings (SSSR count). The third kappa shape index (κ3) is 3.27. The van der Waals surface area contributed by atoms with E-state index in [2.05, 4.69) is 21.2 Å². The first-order valence-corrected chi connectivity index (χ1v) is 7.79. The molecule has 0 saturated carbocycles. The largest absolute Gasteiger partial charge is 0.467 e. The minimum absolute atomic E-state index is 0.347. The second-order valence-corrected chi connectivity index (χ2v) is 6.19. The highest BCUT2D eigenvalue weighted by Gasteiger charge is 2.44. The van der Waals surface area contributed by atoms with Crippen LogP contribution >= 0.6 is 15.9 Å². The first kappa shape index (κ1) is 16.4. The Bertz CT molecular complexity index is 518. The van der Waals surface area contributed by atoms with Gasteiger partial charge >= 0.3 is 5.97 Å². The Kier molecular flexibility index (Phi) is 5.35. The van der Waals surface area contributed by atoms with Crippen molar-refractivity contribution in [3.05, 3.63) is 34.1 Å². The van der Waals surface area contributed by atoms with Crippen LogP contribution in [0.2, 0.25) is 0 Å². The van der Waals surface area contributed by atoms with E-state index in [9.17, 15) is 9.18 Å². The van der Waals surface area contributed by atoms with E-state index >= 15 is 0 Å². The van der Waals surface area contributed by atoms with E-state index in [4.69, 9.17) is 4.74 Å². The average molecular weight is 359 g/mol. The monoisotopic (exact) mass is 358 g/mol. The van der Waals surface area contributed by atoms with Crippen LogP contribution in [-0.4, -0.2) is 44.2 Å². The van der Waals surface area contributed by atoms with Crippen molar-refractivity contribution in [2.45, 2.75) is 18.9 Å². The van der Waals surface area contributed by atoms with Crippen molar-refractivity contribution in [2.24, 2.45) is 0 Å². The molecular weight excluding hydrogens is 339 g/mol. The normalized spacial score (nSPS) is 19.6. The van der Waals surface area contributed by atoms with Gasteiger partial charge in [0, 0.05) is 29.7 Å². The maximum absolute atomic E-state index is 14.4. The van der Waals surface area contributed by atoms with Gasteiger partial charge in [-0.15, -0.1) is 0 Å². The number of hydrogen-bond acceptors (Lipinski definition) is 4. The smallest absolute Gasteiger partial charge is 0.330 e. The highest BCUT2D eigenvalue weighted by atomic mass is 79.9. The second-order valence-electron chi connectivity index (χ2n) is 5.28. The van der Waals surface area contributed by atoms with Crippen LogP contribution in [0.1, 0.15) is 18.9 Å². The second kappa shape index (κ2) is 6.85. The summed E-state index contributed by atoms with van der Waals surface area (Å²) in [6.45, 7) is 4.78. The predicted octanol–water partition coefficient (Wildman–Crippen LogP) is 2.27. The van der Waals surface area contributed by atoms with E-state index in [1.54, 1.807) is 19.1 Å². The van der Waals surface area contributed by atoms with Crippen LogP contribution in [0.15, 0.2) is 22.7 Å². The molecule has 1 unspecified atom stereocenters. The first-order chi connectivity index (χ1) is 10.00. The topological polar surface area (TPSA) is 41.6 Å². The Labute approximate surface area is 132 Å². The number of ether oxygens (including phenoxy) is 1. The molecule has 0 aromatic heterocycles. The summed E-state index contributed by atoms with van der Waals surface area (Å²) in [6, 6.07) is 4.77. The zero-order chi connectivity index (χ0) is 15.5. The molecule has 4 nitrogen and oxygen atoms in total. The van der Waals surface area contributed by atoms with E-state index in [-0.39, 0.29) is 0 Å². The third-order valence-electron chi connectivity index (χ3n) is 4.01. The van der Waals surface area contributed by atoms with Gasteiger partial charge in [0.1, 0.15) is 11.4 Å². The number of halogens is 2. The maximum Gasteiger partial charge on any atom is 0.330 e. The molecule has 0 amide bonds. The van der Waals surface area contributed by atoms with Crippen molar-refractivity contribution in [3.63, 3.8) is 0 Å². The van der Waals surface area contributed by atoms with Gasteiger partial charge in [0.05, 0.1) is 7.11 Å². The van der Waals surface area contributed by atoms with Gasteiger partial charge in [-0.3, -0.25) is 4.90 Å². The van der Waals surface area contributed by atoms with Gasteiger partial charge in [-0.25, -0.2) is 9.18 Å². The molecule has 1 N–H and O–H groups in total. The third-order valence-corrected chi connectivity index (χ3v) is 4.50. The van der Waals surface area contributed by atoms with Crippen LogP contribution in [0.3, 0.4) is 0 Å². The summed E-state index contributed by atoms with van der Waals surface area (Å²) < 4.78 is 20.0. The maximum atomic E-state index is 14.4. The molecule has 6 heteroatoms. The Hall–Kier alpha value is -0.980. The molecule has 1 aromatic rings. The number of nitrogens with zero attached hydrogens (tertiary/aromatic N) is 1. The lowest BCUT2D eigenvalue weighted by molar-refractivity contribution is -0.155. The molecule has 1 aromatic carbocycles.